The molecule has 15 heavy (non-hydrogen) atoms. The molecule has 4 nitrogen and oxygen atoms in total. The third kappa shape index (κ3) is 0.999. The van der Waals surface area contributed by atoms with Crippen LogP contribution in [0.1, 0.15) is 0 Å². The second-order valence-corrected chi connectivity index (χ2v) is 3.20. The summed E-state index contributed by atoms with van der Waals surface area (Å²) >= 11 is 0. The lowest BCUT2D eigenvalue weighted by molar-refractivity contribution is -0.781. The molecule has 0 spiro atoms. The Morgan fingerprint density at radius 3 is 2.80 bits per heavy atom. The molecule has 3 aromatic rings. The van der Waals surface area contributed by atoms with Gasteiger partial charge in [0.2, 0.25) is 5.52 Å². The van der Waals surface area contributed by atoms with E-state index in [0.717, 1.165) is 0 Å². The smallest absolute Gasteiger partial charge is 0.252 e. The molecule has 0 radical (unpaired) electrons. The zero-order valence-electron chi connectivity index (χ0n) is 7.48. The minimum absolute atomic E-state index is 0.223. The highest BCUT2D eigenvalue weighted by Crippen LogP contribution is 2.24. The zero-order chi connectivity index (χ0) is 10.4. The lowest BCUT2D eigenvalue weighted by atomic mass is 10.1. The molecule has 0 saturated carbocycles. The van der Waals surface area contributed by atoms with Crippen LogP contribution >= 0.6 is 0 Å². The van der Waals surface area contributed by atoms with Gasteiger partial charge in [0.1, 0.15) is 5.82 Å². The maximum absolute atomic E-state index is 13.5. The van der Waals surface area contributed by atoms with Crippen LogP contribution in [0.25, 0.3) is 21.8 Å². The van der Waals surface area contributed by atoms with Crippen molar-refractivity contribution in [3.8, 4) is 0 Å². The standard InChI is InChI=1S/C10H5FN2O2/c11-8-5-9-10(13(14)15-12-9)7-4-2-1-3-6(7)8/h1-5H. The molecule has 0 amide bonds. The highest BCUT2D eigenvalue weighted by atomic mass is 19.1. The van der Waals surface area contributed by atoms with E-state index in [1.54, 1.807) is 24.3 Å². The van der Waals surface area contributed by atoms with Crippen molar-refractivity contribution in [3.05, 3.63) is 41.4 Å². The number of nitrogens with zero attached hydrogens (tertiary/aromatic N) is 2. The Morgan fingerprint density at radius 2 is 2.00 bits per heavy atom. The Labute approximate surface area is 83.1 Å². The molecule has 1 heterocycles. The molecule has 5 heteroatoms. The molecule has 0 saturated heterocycles. The van der Waals surface area contributed by atoms with E-state index < -0.39 is 5.82 Å². The number of hydrogen-bond acceptors (Lipinski definition) is 3. The normalized spacial score (nSPS) is 11.3. The summed E-state index contributed by atoms with van der Waals surface area (Å²) in [6.07, 6.45) is 0. The molecule has 0 aliphatic rings. The van der Waals surface area contributed by atoms with Gasteiger partial charge in [0.05, 0.1) is 0 Å². The molecule has 2 aromatic carbocycles. The van der Waals surface area contributed by atoms with Crippen molar-refractivity contribution in [3.63, 3.8) is 0 Å². The number of aromatic nitrogens is 2. The van der Waals surface area contributed by atoms with Gasteiger partial charge in [-0.2, -0.15) is 0 Å². The van der Waals surface area contributed by atoms with Crippen LogP contribution in [-0.2, 0) is 0 Å². The van der Waals surface area contributed by atoms with Gasteiger partial charge in [-0.3, -0.25) is 4.63 Å². The summed E-state index contributed by atoms with van der Waals surface area (Å²) in [5.74, 6) is -0.410. The van der Waals surface area contributed by atoms with Crippen LogP contribution in [0.4, 0.5) is 4.39 Å². The summed E-state index contributed by atoms with van der Waals surface area (Å²) in [7, 11) is 0. The molecule has 0 aliphatic heterocycles. The van der Waals surface area contributed by atoms with E-state index in [9.17, 15) is 9.60 Å². The van der Waals surface area contributed by atoms with Crippen molar-refractivity contribution < 1.29 is 13.9 Å². The Balaban J connectivity index is 2.67. The fraction of sp³-hybridized carbons (Fsp3) is 0. The van der Waals surface area contributed by atoms with Gasteiger partial charge in [0.15, 0.2) is 0 Å². The van der Waals surface area contributed by atoms with Gasteiger partial charge in [-0.1, -0.05) is 18.2 Å². The van der Waals surface area contributed by atoms with Crippen LogP contribution in [0.2, 0.25) is 0 Å². The van der Waals surface area contributed by atoms with Crippen molar-refractivity contribution >= 4 is 21.8 Å². The molecule has 0 atom stereocenters. The van der Waals surface area contributed by atoms with Crippen LogP contribution in [0.3, 0.4) is 0 Å². The molecule has 0 fully saturated rings. The van der Waals surface area contributed by atoms with Gasteiger partial charge in [0, 0.05) is 22.0 Å². The maximum Gasteiger partial charge on any atom is 0.252 e. The van der Waals surface area contributed by atoms with Gasteiger partial charge >= 0.3 is 0 Å². The average Bonchev–Trinajstić information content (AvgIpc) is 2.61. The van der Waals surface area contributed by atoms with E-state index in [2.05, 4.69) is 9.79 Å². The summed E-state index contributed by atoms with van der Waals surface area (Å²) < 4.78 is 18.0. The molecule has 0 unspecified atom stereocenters. The van der Waals surface area contributed by atoms with E-state index in [-0.39, 0.29) is 15.9 Å². The first-order valence-electron chi connectivity index (χ1n) is 4.34. The first kappa shape index (κ1) is 8.16. The summed E-state index contributed by atoms with van der Waals surface area (Å²) in [4.78, 5) is 0.289. The third-order valence-corrected chi connectivity index (χ3v) is 2.34. The predicted octanol–water partition coefficient (Wildman–Crippen LogP) is 1.75. The Hall–Kier alpha value is -2.17. The van der Waals surface area contributed by atoms with Crippen LogP contribution in [0.15, 0.2) is 35.0 Å². The molecular weight excluding hydrogens is 199 g/mol. The molecule has 0 bridgehead atoms. The van der Waals surface area contributed by atoms with Gasteiger partial charge in [-0.05, 0) is 11.0 Å². The van der Waals surface area contributed by atoms with Crippen LogP contribution in [0.5, 0.6) is 0 Å². The van der Waals surface area contributed by atoms with Crippen molar-refractivity contribution in [2.24, 2.45) is 0 Å². The predicted molar refractivity (Wildman–Crippen MR) is 50.4 cm³/mol. The quantitative estimate of drug-likeness (QED) is 0.524. The number of fused-ring (bicyclic) bond motifs is 3. The van der Waals surface area contributed by atoms with Crippen LogP contribution < -0.4 is 4.90 Å². The van der Waals surface area contributed by atoms with E-state index in [4.69, 9.17) is 0 Å². The molecule has 74 valence electrons. The number of rotatable bonds is 0. The van der Waals surface area contributed by atoms with E-state index in [1.165, 1.54) is 6.07 Å². The Morgan fingerprint density at radius 1 is 1.27 bits per heavy atom. The van der Waals surface area contributed by atoms with Crippen molar-refractivity contribution in [1.29, 1.82) is 0 Å². The number of halogens is 1. The molecule has 1 aromatic heterocycles. The van der Waals surface area contributed by atoms with Crippen molar-refractivity contribution in [2.45, 2.75) is 0 Å². The van der Waals surface area contributed by atoms with E-state index >= 15 is 0 Å². The topological polar surface area (TPSA) is 53.0 Å². The minimum atomic E-state index is -0.410. The Kier molecular flexibility index (Phi) is 1.45. The monoisotopic (exact) mass is 204 g/mol. The van der Waals surface area contributed by atoms with Gasteiger partial charge < -0.3 is 5.21 Å². The average molecular weight is 204 g/mol. The fourth-order valence-electron chi connectivity index (χ4n) is 1.69. The highest BCUT2D eigenvalue weighted by molar-refractivity contribution is 6.02. The van der Waals surface area contributed by atoms with Gasteiger partial charge in [-0.25, -0.2) is 4.39 Å². The largest absolute Gasteiger partial charge is 0.359 e. The van der Waals surface area contributed by atoms with Crippen LogP contribution in [0, 0.1) is 11.0 Å². The van der Waals surface area contributed by atoms with E-state index in [0.29, 0.717) is 10.8 Å². The molecular formula is C10H5FN2O2. The van der Waals surface area contributed by atoms with Gasteiger partial charge in [0.25, 0.3) is 5.52 Å². The molecule has 0 N–H and O–H groups in total. The first-order chi connectivity index (χ1) is 7.27. The lowest BCUT2D eigenvalue weighted by Gasteiger charge is -1.97. The zero-order valence-corrected chi connectivity index (χ0v) is 7.48. The SMILES string of the molecule is [O-][n+]1onc2cc(F)c3ccccc3c21. The minimum Gasteiger partial charge on any atom is -0.359 e. The second-order valence-electron chi connectivity index (χ2n) is 3.20. The maximum atomic E-state index is 13.5. The van der Waals surface area contributed by atoms with Gasteiger partial charge in [-0.15, -0.1) is 0 Å². The summed E-state index contributed by atoms with van der Waals surface area (Å²) in [5.41, 5.74) is 0.480. The fourth-order valence-corrected chi connectivity index (χ4v) is 1.69. The summed E-state index contributed by atoms with van der Waals surface area (Å²) in [5, 5.41) is 15.6. The number of hydrogen-bond donors (Lipinski definition) is 0. The van der Waals surface area contributed by atoms with Crippen molar-refractivity contribution in [2.75, 3.05) is 0 Å². The molecule has 0 aliphatic carbocycles. The summed E-state index contributed by atoms with van der Waals surface area (Å²) in [6.45, 7) is 0. The Bertz CT molecular complexity index is 663. The van der Waals surface area contributed by atoms with E-state index in [1.807, 2.05) is 0 Å². The first-order valence-corrected chi connectivity index (χ1v) is 4.34. The summed E-state index contributed by atoms with van der Waals surface area (Å²) in [6, 6.07) is 7.90. The lowest BCUT2D eigenvalue weighted by Crippen LogP contribution is -2.22. The molecule has 3 rings (SSSR count). The number of benzene rings is 2. The van der Waals surface area contributed by atoms with Crippen LogP contribution in [-0.4, -0.2) is 5.16 Å². The van der Waals surface area contributed by atoms with Crippen molar-refractivity contribution in [1.82, 2.24) is 5.16 Å². The second kappa shape index (κ2) is 2.66. The third-order valence-electron chi connectivity index (χ3n) is 2.34. The highest BCUT2D eigenvalue weighted by Gasteiger charge is 2.16.